The fourth-order valence-electron chi connectivity index (χ4n) is 1.83. The number of pyridine rings is 1. The van der Waals surface area contributed by atoms with Crippen molar-refractivity contribution in [2.75, 3.05) is 11.3 Å². The van der Waals surface area contributed by atoms with Crippen LogP contribution in [-0.4, -0.2) is 26.0 Å². The van der Waals surface area contributed by atoms with Crippen LogP contribution in [0.3, 0.4) is 0 Å². The van der Waals surface area contributed by atoms with Gasteiger partial charge in [0.2, 0.25) is 0 Å². The van der Waals surface area contributed by atoms with Crippen LogP contribution < -0.4 is 4.72 Å². The maximum Gasteiger partial charge on any atom is 0.330 e. The van der Waals surface area contributed by atoms with Crippen molar-refractivity contribution < 1.29 is 17.9 Å². The zero-order valence-electron chi connectivity index (χ0n) is 13.1. The van der Waals surface area contributed by atoms with E-state index in [0.29, 0.717) is 17.9 Å². The van der Waals surface area contributed by atoms with Gasteiger partial charge in [-0.2, -0.15) is 0 Å². The van der Waals surface area contributed by atoms with Crippen molar-refractivity contribution in [3.8, 4) is 0 Å². The highest BCUT2D eigenvalue weighted by molar-refractivity contribution is 7.92. The highest BCUT2D eigenvalue weighted by Gasteiger charge is 2.19. The van der Waals surface area contributed by atoms with E-state index in [4.69, 9.17) is 27.9 Å². The zero-order valence-corrected chi connectivity index (χ0v) is 15.4. The van der Waals surface area contributed by atoms with Gasteiger partial charge in [-0.25, -0.2) is 18.2 Å². The third-order valence-electron chi connectivity index (χ3n) is 2.93. The first-order valence-corrected chi connectivity index (χ1v) is 9.35. The normalized spacial score (nSPS) is 11.5. The van der Waals surface area contributed by atoms with Crippen molar-refractivity contribution in [2.45, 2.75) is 11.8 Å². The van der Waals surface area contributed by atoms with Crippen molar-refractivity contribution in [1.82, 2.24) is 4.98 Å². The number of ether oxygens (including phenoxy) is 1. The number of aromatic nitrogens is 1. The Bertz CT molecular complexity index is 897. The van der Waals surface area contributed by atoms with E-state index in [2.05, 4.69) is 9.71 Å². The number of anilines is 1. The standard InChI is InChI=1S/C16H14Cl2N2O4S/c1-2-24-15(21)10-5-11-3-6-12(7-4-11)20-25(22,23)13-8-9-14(17)19-16(13)18/h3-10,20H,2H2,1H3/b10-5+. The third kappa shape index (κ3) is 5.45. The van der Waals surface area contributed by atoms with Gasteiger partial charge in [0.1, 0.15) is 10.0 Å². The monoisotopic (exact) mass is 400 g/mol. The minimum Gasteiger partial charge on any atom is -0.463 e. The second-order valence-electron chi connectivity index (χ2n) is 4.74. The minimum atomic E-state index is -3.90. The minimum absolute atomic E-state index is 0.0988. The summed E-state index contributed by atoms with van der Waals surface area (Å²) in [5.41, 5.74) is 1.04. The van der Waals surface area contributed by atoms with Gasteiger partial charge in [0.15, 0.2) is 5.15 Å². The number of rotatable bonds is 6. The first-order valence-electron chi connectivity index (χ1n) is 7.11. The number of nitrogens with one attached hydrogen (secondary N) is 1. The number of carbonyl (C=O) groups is 1. The topological polar surface area (TPSA) is 85.4 Å². The average Bonchev–Trinajstić information content (AvgIpc) is 2.54. The predicted octanol–water partition coefficient (Wildman–Crippen LogP) is 3.77. The molecule has 0 fully saturated rings. The Hall–Kier alpha value is -2.09. The number of hydrogen-bond acceptors (Lipinski definition) is 5. The molecule has 0 bridgehead atoms. The Morgan fingerprint density at radius 2 is 1.88 bits per heavy atom. The van der Waals surface area contributed by atoms with Crippen molar-refractivity contribution in [2.24, 2.45) is 0 Å². The summed E-state index contributed by atoms with van der Waals surface area (Å²) in [6.45, 7) is 2.01. The van der Waals surface area contributed by atoms with Gasteiger partial charge >= 0.3 is 5.97 Å². The zero-order chi connectivity index (χ0) is 18.4. The molecule has 2 rings (SSSR count). The van der Waals surface area contributed by atoms with E-state index in [-0.39, 0.29) is 15.2 Å². The van der Waals surface area contributed by atoms with E-state index in [1.807, 2.05) is 0 Å². The van der Waals surface area contributed by atoms with E-state index in [9.17, 15) is 13.2 Å². The maximum atomic E-state index is 12.4. The smallest absolute Gasteiger partial charge is 0.330 e. The number of halogens is 2. The van der Waals surface area contributed by atoms with E-state index < -0.39 is 16.0 Å². The van der Waals surface area contributed by atoms with Gasteiger partial charge in [-0.05, 0) is 42.8 Å². The molecule has 0 aliphatic carbocycles. The van der Waals surface area contributed by atoms with Crippen LogP contribution >= 0.6 is 23.2 Å². The molecule has 132 valence electrons. The Balaban J connectivity index is 2.13. The third-order valence-corrected chi connectivity index (χ3v) is 4.95. The van der Waals surface area contributed by atoms with E-state index in [1.54, 1.807) is 37.3 Å². The number of esters is 1. The summed E-state index contributed by atoms with van der Waals surface area (Å²) in [4.78, 5) is 14.8. The molecule has 0 aliphatic heterocycles. The molecule has 1 N–H and O–H groups in total. The van der Waals surface area contributed by atoms with Gasteiger partial charge in [-0.3, -0.25) is 4.72 Å². The van der Waals surface area contributed by atoms with Gasteiger partial charge in [-0.15, -0.1) is 0 Å². The summed E-state index contributed by atoms with van der Waals surface area (Å²) in [5.74, 6) is -0.447. The SMILES string of the molecule is CCOC(=O)/C=C/c1ccc(NS(=O)(=O)c2ccc(Cl)nc2Cl)cc1. The molecule has 0 aliphatic rings. The Labute approximate surface area is 155 Å². The molecule has 1 aromatic carbocycles. The number of carbonyl (C=O) groups excluding carboxylic acids is 1. The van der Waals surface area contributed by atoms with Crippen LogP contribution in [0.15, 0.2) is 47.4 Å². The van der Waals surface area contributed by atoms with E-state index in [0.717, 1.165) is 0 Å². The van der Waals surface area contributed by atoms with Crippen molar-refractivity contribution >= 4 is 51.0 Å². The second kappa shape index (κ2) is 8.33. The maximum absolute atomic E-state index is 12.4. The lowest BCUT2D eigenvalue weighted by molar-refractivity contribution is -0.137. The fourth-order valence-corrected chi connectivity index (χ4v) is 3.55. The summed E-state index contributed by atoms with van der Waals surface area (Å²) in [7, 11) is -3.90. The molecule has 0 amide bonds. The number of benzene rings is 1. The molecular formula is C16H14Cl2N2O4S. The number of sulfonamides is 1. The lowest BCUT2D eigenvalue weighted by atomic mass is 10.2. The number of nitrogens with zero attached hydrogens (tertiary/aromatic N) is 1. The lowest BCUT2D eigenvalue weighted by Gasteiger charge is -2.09. The highest BCUT2D eigenvalue weighted by atomic mass is 35.5. The van der Waals surface area contributed by atoms with E-state index >= 15 is 0 Å². The van der Waals surface area contributed by atoms with Crippen LogP contribution in [0.2, 0.25) is 10.3 Å². The fraction of sp³-hybridized carbons (Fsp3) is 0.125. The molecule has 0 atom stereocenters. The largest absolute Gasteiger partial charge is 0.463 e. The van der Waals surface area contributed by atoms with Crippen molar-refractivity contribution in [3.05, 3.63) is 58.3 Å². The number of hydrogen-bond donors (Lipinski definition) is 1. The molecule has 1 heterocycles. The first kappa shape index (κ1) is 19.2. The molecule has 2 aromatic rings. The summed E-state index contributed by atoms with van der Waals surface area (Å²) >= 11 is 11.5. The van der Waals surface area contributed by atoms with E-state index in [1.165, 1.54) is 18.2 Å². The molecule has 0 saturated heterocycles. The molecule has 0 saturated carbocycles. The van der Waals surface area contributed by atoms with Crippen LogP contribution in [0, 0.1) is 0 Å². The summed E-state index contributed by atoms with van der Waals surface area (Å²) in [6, 6.07) is 9.02. The van der Waals surface area contributed by atoms with Crippen LogP contribution in [0.4, 0.5) is 5.69 Å². The molecule has 9 heteroatoms. The Morgan fingerprint density at radius 3 is 2.48 bits per heavy atom. The van der Waals surface area contributed by atoms with Gasteiger partial charge in [-0.1, -0.05) is 35.3 Å². The summed E-state index contributed by atoms with van der Waals surface area (Å²) in [6.07, 6.45) is 2.86. The Kier molecular flexibility index (Phi) is 6.41. The van der Waals surface area contributed by atoms with Gasteiger partial charge in [0.05, 0.1) is 6.61 Å². The molecule has 0 spiro atoms. The van der Waals surface area contributed by atoms with Gasteiger partial charge < -0.3 is 4.74 Å². The Morgan fingerprint density at radius 1 is 1.20 bits per heavy atom. The van der Waals surface area contributed by atoms with Gasteiger partial charge in [0.25, 0.3) is 10.0 Å². The molecule has 25 heavy (non-hydrogen) atoms. The average molecular weight is 401 g/mol. The molecule has 1 aromatic heterocycles. The second-order valence-corrected chi connectivity index (χ2v) is 7.13. The first-order chi connectivity index (χ1) is 11.8. The summed E-state index contributed by atoms with van der Waals surface area (Å²) in [5, 5.41) is -0.115. The summed E-state index contributed by atoms with van der Waals surface area (Å²) < 4.78 is 31.9. The molecule has 0 radical (unpaired) electrons. The van der Waals surface area contributed by atoms with Crippen LogP contribution in [0.1, 0.15) is 12.5 Å². The molecular weight excluding hydrogens is 387 g/mol. The highest BCUT2D eigenvalue weighted by Crippen LogP contribution is 2.24. The lowest BCUT2D eigenvalue weighted by Crippen LogP contribution is -2.13. The van der Waals surface area contributed by atoms with Crippen molar-refractivity contribution in [3.63, 3.8) is 0 Å². The predicted molar refractivity (Wildman–Crippen MR) is 97.2 cm³/mol. The quantitative estimate of drug-likeness (QED) is 0.453. The van der Waals surface area contributed by atoms with Gasteiger partial charge in [0, 0.05) is 11.8 Å². The van der Waals surface area contributed by atoms with Crippen LogP contribution in [0.5, 0.6) is 0 Å². The molecule has 0 unspecified atom stereocenters. The molecule has 6 nitrogen and oxygen atoms in total. The van der Waals surface area contributed by atoms with Crippen LogP contribution in [-0.2, 0) is 19.6 Å². The van der Waals surface area contributed by atoms with Crippen LogP contribution in [0.25, 0.3) is 6.08 Å². The van der Waals surface area contributed by atoms with Crippen molar-refractivity contribution in [1.29, 1.82) is 0 Å².